The largest absolute Gasteiger partial charge is 0.465 e. The minimum atomic E-state index is -0.353. The highest BCUT2D eigenvalue weighted by Gasteiger charge is 2.12. The molecule has 0 saturated carbocycles. The van der Waals surface area contributed by atoms with Crippen LogP contribution >= 0.6 is 0 Å². The molecule has 0 spiro atoms. The van der Waals surface area contributed by atoms with Gasteiger partial charge in [0.1, 0.15) is 5.82 Å². The summed E-state index contributed by atoms with van der Waals surface area (Å²) in [5.41, 5.74) is 2.76. The molecule has 1 heterocycles. The van der Waals surface area contributed by atoms with Gasteiger partial charge in [-0.05, 0) is 38.1 Å². The van der Waals surface area contributed by atoms with Gasteiger partial charge in [0.05, 0.1) is 12.7 Å². The van der Waals surface area contributed by atoms with Crippen molar-refractivity contribution in [2.75, 3.05) is 18.6 Å². The fourth-order valence-corrected chi connectivity index (χ4v) is 2.01. The summed E-state index contributed by atoms with van der Waals surface area (Å²) in [6, 6.07) is 11.6. The third-order valence-corrected chi connectivity index (χ3v) is 3.11. The predicted octanol–water partition coefficient (Wildman–Crippen LogP) is 3.33. The van der Waals surface area contributed by atoms with E-state index in [1.54, 1.807) is 18.3 Å². The van der Waals surface area contributed by atoms with E-state index in [4.69, 9.17) is 4.74 Å². The number of methoxy groups -OCH3 is 1. The Morgan fingerprint density at radius 1 is 1.25 bits per heavy atom. The lowest BCUT2D eigenvalue weighted by atomic mass is 10.2. The van der Waals surface area contributed by atoms with Gasteiger partial charge in [-0.2, -0.15) is 0 Å². The molecule has 0 fully saturated rings. The Balaban J connectivity index is 2.36. The third kappa shape index (κ3) is 2.96. The molecule has 2 aromatic rings. The third-order valence-electron chi connectivity index (χ3n) is 3.11. The van der Waals surface area contributed by atoms with Crippen molar-refractivity contribution in [1.29, 1.82) is 0 Å². The van der Waals surface area contributed by atoms with Crippen LogP contribution in [0.3, 0.4) is 0 Å². The maximum atomic E-state index is 11.6. The van der Waals surface area contributed by atoms with Crippen LogP contribution in [0.25, 0.3) is 0 Å². The molecule has 0 aliphatic carbocycles. The summed E-state index contributed by atoms with van der Waals surface area (Å²) in [4.78, 5) is 18.0. The average molecular weight is 270 g/mol. The van der Waals surface area contributed by atoms with E-state index < -0.39 is 0 Å². The van der Waals surface area contributed by atoms with Crippen LogP contribution in [-0.2, 0) is 4.74 Å². The van der Waals surface area contributed by atoms with E-state index in [-0.39, 0.29) is 5.97 Å². The lowest BCUT2D eigenvalue weighted by molar-refractivity contribution is 0.0600. The number of hydrogen-bond donors (Lipinski definition) is 0. The molecule has 0 N–H and O–H groups in total. The van der Waals surface area contributed by atoms with Crippen molar-refractivity contribution in [3.8, 4) is 0 Å². The quantitative estimate of drug-likeness (QED) is 0.799. The summed E-state index contributed by atoms with van der Waals surface area (Å²) < 4.78 is 4.74. The molecule has 4 heteroatoms. The van der Waals surface area contributed by atoms with E-state index in [2.05, 4.69) is 24.0 Å². The predicted molar refractivity (Wildman–Crippen MR) is 79.4 cm³/mol. The minimum Gasteiger partial charge on any atom is -0.465 e. The highest BCUT2D eigenvalue weighted by atomic mass is 16.5. The van der Waals surface area contributed by atoms with Crippen LogP contribution in [0.2, 0.25) is 0 Å². The average Bonchev–Trinajstić information content (AvgIpc) is 2.49. The SMILES string of the molecule is CCN(c1ccc(C)cc1)c1cc(C(=O)OC)ccn1. The number of carbonyl (C=O) groups is 1. The highest BCUT2D eigenvalue weighted by molar-refractivity contribution is 5.90. The molecule has 0 amide bonds. The molecule has 1 aromatic carbocycles. The Labute approximate surface area is 119 Å². The van der Waals surface area contributed by atoms with E-state index >= 15 is 0 Å². The topological polar surface area (TPSA) is 42.4 Å². The maximum absolute atomic E-state index is 11.6. The molecule has 2 rings (SSSR count). The van der Waals surface area contributed by atoms with E-state index in [1.807, 2.05) is 24.0 Å². The Kier molecular flexibility index (Phi) is 4.35. The van der Waals surface area contributed by atoms with Crippen molar-refractivity contribution < 1.29 is 9.53 Å². The second-order valence-electron chi connectivity index (χ2n) is 4.47. The molecule has 0 saturated heterocycles. The molecule has 104 valence electrons. The Morgan fingerprint density at radius 3 is 2.55 bits per heavy atom. The number of nitrogens with zero attached hydrogens (tertiary/aromatic N) is 2. The molecule has 0 radical (unpaired) electrons. The summed E-state index contributed by atoms with van der Waals surface area (Å²) >= 11 is 0. The van der Waals surface area contributed by atoms with E-state index in [1.165, 1.54) is 12.7 Å². The highest BCUT2D eigenvalue weighted by Crippen LogP contribution is 2.24. The lowest BCUT2D eigenvalue weighted by Gasteiger charge is -2.22. The maximum Gasteiger partial charge on any atom is 0.338 e. The first kappa shape index (κ1) is 14.1. The number of hydrogen-bond acceptors (Lipinski definition) is 4. The Morgan fingerprint density at radius 2 is 1.95 bits per heavy atom. The number of ether oxygens (including phenoxy) is 1. The van der Waals surface area contributed by atoms with Crippen molar-refractivity contribution in [3.63, 3.8) is 0 Å². The molecule has 0 bridgehead atoms. The normalized spacial score (nSPS) is 10.2. The second-order valence-corrected chi connectivity index (χ2v) is 4.47. The van der Waals surface area contributed by atoms with E-state index in [0.717, 1.165) is 18.1 Å². The smallest absolute Gasteiger partial charge is 0.338 e. The molecule has 4 nitrogen and oxygen atoms in total. The van der Waals surface area contributed by atoms with Crippen molar-refractivity contribution >= 4 is 17.5 Å². The summed E-state index contributed by atoms with van der Waals surface area (Å²) in [5.74, 6) is 0.382. The number of rotatable bonds is 4. The zero-order valence-electron chi connectivity index (χ0n) is 12.0. The summed E-state index contributed by atoms with van der Waals surface area (Å²) in [5, 5.41) is 0. The molecule has 0 unspecified atom stereocenters. The van der Waals surface area contributed by atoms with Crippen LogP contribution in [0.1, 0.15) is 22.8 Å². The number of pyridine rings is 1. The number of benzene rings is 1. The monoisotopic (exact) mass is 270 g/mol. The van der Waals surface area contributed by atoms with Crippen LogP contribution in [0.15, 0.2) is 42.6 Å². The molecule has 0 aliphatic heterocycles. The van der Waals surface area contributed by atoms with Crippen LogP contribution in [-0.4, -0.2) is 24.6 Å². The zero-order chi connectivity index (χ0) is 14.5. The van der Waals surface area contributed by atoms with Gasteiger partial charge in [0.15, 0.2) is 0 Å². The Bertz CT molecular complexity index is 594. The molecule has 0 atom stereocenters. The van der Waals surface area contributed by atoms with Gasteiger partial charge in [0.2, 0.25) is 0 Å². The van der Waals surface area contributed by atoms with Crippen molar-refractivity contribution in [2.45, 2.75) is 13.8 Å². The summed E-state index contributed by atoms with van der Waals surface area (Å²) in [6.07, 6.45) is 1.62. The fraction of sp³-hybridized carbons (Fsp3) is 0.250. The standard InChI is InChI=1S/C16H18N2O2/c1-4-18(14-7-5-12(2)6-8-14)15-11-13(9-10-17-15)16(19)20-3/h5-11H,4H2,1-3H3. The minimum absolute atomic E-state index is 0.353. The van der Waals surface area contributed by atoms with Crippen molar-refractivity contribution in [3.05, 3.63) is 53.7 Å². The van der Waals surface area contributed by atoms with Gasteiger partial charge in [-0.3, -0.25) is 0 Å². The van der Waals surface area contributed by atoms with Crippen molar-refractivity contribution in [1.82, 2.24) is 4.98 Å². The van der Waals surface area contributed by atoms with E-state index in [9.17, 15) is 4.79 Å². The second kappa shape index (κ2) is 6.19. The molecular formula is C16H18N2O2. The molecule has 20 heavy (non-hydrogen) atoms. The fourth-order valence-electron chi connectivity index (χ4n) is 2.01. The first-order valence-corrected chi connectivity index (χ1v) is 6.54. The summed E-state index contributed by atoms with van der Waals surface area (Å²) in [6.45, 7) is 4.86. The molecule has 0 aliphatic rings. The lowest BCUT2D eigenvalue weighted by Crippen LogP contribution is -2.18. The molecule has 1 aromatic heterocycles. The first-order valence-electron chi connectivity index (χ1n) is 6.54. The van der Waals surface area contributed by atoms with Gasteiger partial charge in [0.25, 0.3) is 0 Å². The van der Waals surface area contributed by atoms with Gasteiger partial charge in [-0.15, -0.1) is 0 Å². The van der Waals surface area contributed by atoms with Crippen LogP contribution in [0.5, 0.6) is 0 Å². The van der Waals surface area contributed by atoms with Crippen LogP contribution < -0.4 is 4.90 Å². The number of anilines is 2. The van der Waals surface area contributed by atoms with Gasteiger partial charge in [-0.1, -0.05) is 17.7 Å². The van der Waals surface area contributed by atoms with Crippen molar-refractivity contribution in [2.24, 2.45) is 0 Å². The van der Waals surface area contributed by atoms with Gasteiger partial charge in [0, 0.05) is 18.4 Å². The molecular weight excluding hydrogens is 252 g/mol. The van der Waals surface area contributed by atoms with Gasteiger partial charge < -0.3 is 9.64 Å². The number of aromatic nitrogens is 1. The van der Waals surface area contributed by atoms with Gasteiger partial charge in [-0.25, -0.2) is 9.78 Å². The number of aryl methyl sites for hydroxylation is 1. The van der Waals surface area contributed by atoms with E-state index in [0.29, 0.717) is 5.56 Å². The Hall–Kier alpha value is -2.36. The number of carbonyl (C=O) groups excluding carboxylic acids is 1. The number of esters is 1. The van der Waals surface area contributed by atoms with Crippen LogP contribution in [0.4, 0.5) is 11.5 Å². The zero-order valence-corrected chi connectivity index (χ0v) is 12.0. The van der Waals surface area contributed by atoms with Crippen LogP contribution in [0, 0.1) is 6.92 Å². The van der Waals surface area contributed by atoms with Gasteiger partial charge >= 0.3 is 5.97 Å². The first-order chi connectivity index (χ1) is 9.65. The summed E-state index contributed by atoms with van der Waals surface area (Å²) in [7, 11) is 1.37.